The number of hydrogen-bond donors (Lipinski definition) is 1. The van der Waals surface area contributed by atoms with E-state index in [-0.39, 0.29) is 0 Å². The normalized spacial score (nSPS) is 12.4. The van der Waals surface area contributed by atoms with Gasteiger partial charge in [-0.25, -0.2) is 0 Å². The fraction of sp³-hybridized carbons (Fsp3) is 0.941. The minimum absolute atomic E-state index is 0.310. The van der Waals surface area contributed by atoms with Gasteiger partial charge in [-0.05, 0) is 19.3 Å². The van der Waals surface area contributed by atoms with Gasteiger partial charge < -0.3 is 5.11 Å². The van der Waals surface area contributed by atoms with Crippen molar-refractivity contribution in [3.63, 3.8) is 0 Å². The third-order valence-electron chi connectivity index (χ3n) is 3.74. The maximum atomic E-state index is 11.7. The first-order valence-corrected chi connectivity index (χ1v) is 10.2. The lowest BCUT2D eigenvalue weighted by Gasteiger charge is -2.03. The summed E-state index contributed by atoms with van der Waals surface area (Å²) in [5.41, 5.74) is 0. The molecule has 0 heterocycles. The maximum absolute atomic E-state index is 11.7. The lowest BCUT2D eigenvalue weighted by atomic mass is 10.1. The predicted molar refractivity (Wildman–Crippen MR) is 91.2 cm³/mol. The molecule has 0 bridgehead atoms. The molecule has 126 valence electrons. The van der Waals surface area contributed by atoms with E-state index in [2.05, 4.69) is 6.92 Å². The van der Waals surface area contributed by atoms with Gasteiger partial charge in [0.1, 0.15) is 0 Å². The highest BCUT2D eigenvalue weighted by Gasteiger charge is 2.00. The van der Waals surface area contributed by atoms with Gasteiger partial charge in [-0.3, -0.25) is 9.00 Å². The third kappa shape index (κ3) is 17.6. The summed E-state index contributed by atoms with van der Waals surface area (Å²) in [5, 5.41) is 8.51. The quantitative estimate of drug-likeness (QED) is 0.411. The second-order valence-electron chi connectivity index (χ2n) is 5.88. The average Bonchev–Trinajstić information content (AvgIpc) is 2.45. The summed E-state index contributed by atoms with van der Waals surface area (Å²) in [7, 11) is -0.595. The summed E-state index contributed by atoms with van der Waals surface area (Å²) in [6, 6.07) is 0. The number of carbonyl (C=O) groups is 1. The predicted octanol–water partition coefficient (Wildman–Crippen LogP) is 4.91. The van der Waals surface area contributed by atoms with Crippen molar-refractivity contribution in [3.8, 4) is 0 Å². The van der Waals surface area contributed by atoms with Crippen LogP contribution >= 0.6 is 0 Å². The lowest BCUT2D eigenvalue weighted by molar-refractivity contribution is -0.137. The van der Waals surface area contributed by atoms with Crippen molar-refractivity contribution in [1.82, 2.24) is 0 Å². The SMILES string of the molecule is CCCCCCS(=O)CCCCCCCCCCC(=O)O. The molecule has 0 aliphatic carbocycles. The summed E-state index contributed by atoms with van der Waals surface area (Å²) >= 11 is 0. The van der Waals surface area contributed by atoms with E-state index in [0.717, 1.165) is 43.6 Å². The van der Waals surface area contributed by atoms with Crippen molar-refractivity contribution in [3.05, 3.63) is 0 Å². The number of hydrogen-bond acceptors (Lipinski definition) is 2. The van der Waals surface area contributed by atoms with E-state index in [4.69, 9.17) is 5.11 Å². The van der Waals surface area contributed by atoms with Gasteiger partial charge in [0.05, 0.1) is 0 Å². The van der Waals surface area contributed by atoms with Crippen LogP contribution in [-0.4, -0.2) is 26.8 Å². The summed E-state index contributed by atoms with van der Waals surface area (Å²) in [5.74, 6) is 1.09. The molecule has 0 amide bonds. The summed E-state index contributed by atoms with van der Waals surface area (Å²) in [4.78, 5) is 10.3. The summed E-state index contributed by atoms with van der Waals surface area (Å²) in [6.45, 7) is 2.20. The molecule has 3 nitrogen and oxygen atoms in total. The Balaban J connectivity index is 3.14. The van der Waals surface area contributed by atoms with Crippen LogP contribution in [-0.2, 0) is 15.6 Å². The van der Waals surface area contributed by atoms with E-state index in [1.165, 1.54) is 44.9 Å². The van der Waals surface area contributed by atoms with Crippen LogP contribution in [0.1, 0.15) is 90.4 Å². The first kappa shape index (κ1) is 20.6. The van der Waals surface area contributed by atoms with Crippen LogP contribution in [0.4, 0.5) is 0 Å². The minimum atomic E-state index is -0.683. The Bertz CT molecular complexity index is 267. The molecular weight excluding hydrogens is 284 g/mol. The molecule has 0 radical (unpaired) electrons. The van der Waals surface area contributed by atoms with Gasteiger partial charge in [0.25, 0.3) is 0 Å². The van der Waals surface area contributed by atoms with Crippen molar-refractivity contribution in [2.24, 2.45) is 0 Å². The van der Waals surface area contributed by atoms with E-state index in [0.29, 0.717) is 6.42 Å². The molecular formula is C17H34O3S. The van der Waals surface area contributed by atoms with Gasteiger partial charge in [0, 0.05) is 28.7 Å². The summed E-state index contributed by atoms with van der Waals surface area (Å²) < 4.78 is 11.7. The molecule has 4 heteroatoms. The van der Waals surface area contributed by atoms with Crippen molar-refractivity contribution in [2.45, 2.75) is 90.4 Å². The number of unbranched alkanes of at least 4 members (excludes halogenated alkanes) is 10. The van der Waals surface area contributed by atoms with Gasteiger partial charge in [0.2, 0.25) is 0 Å². The Kier molecular flexibility index (Phi) is 15.7. The fourth-order valence-electron chi connectivity index (χ4n) is 2.39. The van der Waals surface area contributed by atoms with E-state index in [1.807, 2.05) is 0 Å². The highest BCUT2D eigenvalue weighted by molar-refractivity contribution is 7.84. The molecule has 1 N–H and O–H groups in total. The molecule has 0 aliphatic heterocycles. The fourth-order valence-corrected chi connectivity index (χ4v) is 3.65. The van der Waals surface area contributed by atoms with Gasteiger partial charge in [-0.1, -0.05) is 64.7 Å². The van der Waals surface area contributed by atoms with Crippen LogP contribution in [0, 0.1) is 0 Å². The Labute approximate surface area is 133 Å². The molecule has 0 fully saturated rings. The second kappa shape index (κ2) is 16.0. The zero-order chi connectivity index (χ0) is 15.8. The van der Waals surface area contributed by atoms with E-state index in [1.54, 1.807) is 0 Å². The Morgan fingerprint density at radius 3 is 1.67 bits per heavy atom. The number of carboxylic acid groups (broad SMARTS) is 1. The largest absolute Gasteiger partial charge is 0.481 e. The van der Waals surface area contributed by atoms with Gasteiger partial charge in [0.15, 0.2) is 0 Å². The van der Waals surface area contributed by atoms with Crippen molar-refractivity contribution < 1.29 is 14.1 Å². The van der Waals surface area contributed by atoms with Crippen molar-refractivity contribution in [1.29, 1.82) is 0 Å². The Morgan fingerprint density at radius 1 is 0.762 bits per heavy atom. The molecule has 0 aromatic carbocycles. The first-order chi connectivity index (χ1) is 10.2. The van der Waals surface area contributed by atoms with E-state index in [9.17, 15) is 9.00 Å². The molecule has 0 saturated carbocycles. The number of aliphatic carboxylic acids is 1. The summed E-state index contributed by atoms with van der Waals surface area (Å²) in [6.07, 6.45) is 14.1. The highest BCUT2D eigenvalue weighted by Crippen LogP contribution is 2.10. The third-order valence-corrected chi connectivity index (χ3v) is 5.23. The molecule has 0 rings (SSSR count). The molecule has 1 atom stereocenters. The van der Waals surface area contributed by atoms with E-state index < -0.39 is 16.8 Å². The average molecular weight is 319 g/mol. The Morgan fingerprint density at radius 2 is 1.19 bits per heavy atom. The van der Waals surface area contributed by atoms with Crippen LogP contribution in [0.5, 0.6) is 0 Å². The molecule has 0 saturated heterocycles. The van der Waals surface area contributed by atoms with Crippen LogP contribution in [0.25, 0.3) is 0 Å². The molecule has 1 unspecified atom stereocenters. The molecule has 0 spiro atoms. The topological polar surface area (TPSA) is 54.4 Å². The van der Waals surface area contributed by atoms with Crippen molar-refractivity contribution in [2.75, 3.05) is 11.5 Å². The number of carboxylic acids is 1. The minimum Gasteiger partial charge on any atom is -0.481 e. The van der Waals surface area contributed by atoms with Gasteiger partial charge >= 0.3 is 5.97 Å². The van der Waals surface area contributed by atoms with Gasteiger partial charge in [-0.2, -0.15) is 0 Å². The molecule has 0 aromatic heterocycles. The highest BCUT2D eigenvalue weighted by atomic mass is 32.2. The van der Waals surface area contributed by atoms with Crippen LogP contribution in [0.2, 0.25) is 0 Å². The smallest absolute Gasteiger partial charge is 0.303 e. The monoisotopic (exact) mass is 318 g/mol. The molecule has 21 heavy (non-hydrogen) atoms. The standard InChI is InChI=1S/C17H34O3S/c1-2-3-4-12-15-21(20)16-13-10-8-6-5-7-9-11-14-17(18)19/h2-16H2,1H3,(H,18,19). The van der Waals surface area contributed by atoms with Crippen molar-refractivity contribution >= 4 is 16.8 Å². The molecule has 0 aliphatic rings. The number of rotatable bonds is 16. The van der Waals surface area contributed by atoms with Crippen LogP contribution in [0.15, 0.2) is 0 Å². The van der Waals surface area contributed by atoms with Gasteiger partial charge in [-0.15, -0.1) is 0 Å². The maximum Gasteiger partial charge on any atom is 0.303 e. The zero-order valence-corrected chi connectivity index (χ0v) is 14.6. The zero-order valence-electron chi connectivity index (χ0n) is 13.8. The van der Waals surface area contributed by atoms with E-state index >= 15 is 0 Å². The first-order valence-electron chi connectivity index (χ1n) is 8.73. The lowest BCUT2D eigenvalue weighted by Crippen LogP contribution is -2.02. The van der Waals surface area contributed by atoms with Crippen LogP contribution < -0.4 is 0 Å². The second-order valence-corrected chi connectivity index (χ2v) is 7.58. The van der Waals surface area contributed by atoms with Crippen LogP contribution in [0.3, 0.4) is 0 Å². The molecule has 0 aromatic rings. The Hall–Kier alpha value is -0.380.